The maximum Gasteiger partial charge on any atom is 0.0600 e. The molecule has 0 radical (unpaired) electrons. The number of nitrogens with zero attached hydrogens (tertiary/aromatic N) is 1. The molecule has 1 saturated heterocycles. The third kappa shape index (κ3) is 5.36. The van der Waals surface area contributed by atoms with E-state index in [-0.39, 0.29) is 5.60 Å². The highest BCUT2D eigenvalue weighted by molar-refractivity contribution is 4.88. The highest BCUT2D eigenvalue weighted by atomic mass is 16.5. The topological polar surface area (TPSA) is 24.5 Å². The molecule has 1 fully saturated rings. The molecule has 1 atom stereocenters. The molecule has 1 aliphatic rings. The van der Waals surface area contributed by atoms with E-state index in [2.05, 4.69) is 51.8 Å². The fourth-order valence-corrected chi connectivity index (χ4v) is 2.34. The monoisotopic (exact) mass is 242 g/mol. The van der Waals surface area contributed by atoms with Crippen LogP contribution in [0.5, 0.6) is 0 Å². The van der Waals surface area contributed by atoms with E-state index in [0.29, 0.717) is 11.5 Å². The SMILES string of the molecule is CC(C)(C)OCCN1CCNCC1C(C)(C)C. The molecule has 0 aliphatic carbocycles. The van der Waals surface area contributed by atoms with Crippen LogP contribution in [0.3, 0.4) is 0 Å². The van der Waals surface area contributed by atoms with Crippen molar-refractivity contribution in [3.05, 3.63) is 0 Å². The average Bonchev–Trinajstić information content (AvgIpc) is 2.15. The number of ether oxygens (including phenoxy) is 1. The lowest BCUT2D eigenvalue weighted by Gasteiger charge is -2.43. The van der Waals surface area contributed by atoms with Gasteiger partial charge >= 0.3 is 0 Å². The zero-order chi connectivity index (χ0) is 13.1. The Morgan fingerprint density at radius 1 is 1.18 bits per heavy atom. The van der Waals surface area contributed by atoms with E-state index in [0.717, 1.165) is 32.8 Å². The summed E-state index contributed by atoms with van der Waals surface area (Å²) in [5.41, 5.74) is 0.306. The Bertz CT molecular complexity index is 227. The lowest BCUT2D eigenvalue weighted by atomic mass is 9.84. The standard InChI is InChI=1S/C14H30N2O/c1-13(2,3)12-11-15-7-8-16(12)9-10-17-14(4,5)6/h12,15H,7-11H2,1-6H3. The summed E-state index contributed by atoms with van der Waals surface area (Å²) < 4.78 is 5.83. The third-order valence-corrected chi connectivity index (χ3v) is 3.27. The van der Waals surface area contributed by atoms with Gasteiger partial charge in [-0.25, -0.2) is 0 Å². The molecule has 0 spiro atoms. The minimum atomic E-state index is -0.0226. The predicted molar refractivity (Wildman–Crippen MR) is 73.4 cm³/mol. The number of piperazine rings is 1. The molecular weight excluding hydrogens is 212 g/mol. The molecule has 0 saturated carbocycles. The van der Waals surface area contributed by atoms with Crippen LogP contribution in [0, 0.1) is 5.41 Å². The van der Waals surface area contributed by atoms with Crippen LogP contribution in [0.2, 0.25) is 0 Å². The Morgan fingerprint density at radius 3 is 2.35 bits per heavy atom. The van der Waals surface area contributed by atoms with Gasteiger partial charge in [0.05, 0.1) is 12.2 Å². The van der Waals surface area contributed by atoms with Gasteiger partial charge in [0.25, 0.3) is 0 Å². The smallest absolute Gasteiger partial charge is 0.0600 e. The van der Waals surface area contributed by atoms with Crippen molar-refractivity contribution in [2.75, 3.05) is 32.8 Å². The van der Waals surface area contributed by atoms with E-state index in [1.54, 1.807) is 0 Å². The van der Waals surface area contributed by atoms with Crippen LogP contribution in [0.15, 0.2) is 0 Å². The second-order valence-corrected chi connectivity index (χ2v) is 7.08. The summed E-state index contributed by atoms with van der Waals surface area (Å²) in [7, 11) is 0. The Balaban J connectivity index is 2.44. The molecule has 0 aromatic carbocycles. The van der Waals surface area contributed by atoms with Gasteiger partial charge in [0.1, 0.15) is 0 Å². The maximum atomic E-state index is 5.83. The highest BCUT2D eigenvalue weighted by Crippen LogP contribution is 2.25. The first kappa shape index (κ1) is 14.9. The Hall–Kier alpha value is -0.120. The van der Waals surface area contributed by atoms with Crippen molar-refractivity contribution < 1.29 is 4.74 Å². The van der Waals surface area contributed by atoms with Crippen molar-refractivity contribution in [2.45, 2.75) is 53.2 Å². The molecule has 0 bridgehead atoms. The van der Waals surface area contributed by atoms with Crippen molar-refractivity contribution in [3.63, 3.8) is 0 Å². The Kier molecular flexibility index (Phi) is 4.99. The van der Waals surface area contributed by atoms with E-state index < -0.39 is 0 Å². The molecule has 3 nitrogen and oxygen atoms in total. The summed E-state index contributed by atoms with van der Waals surface area (Å²) in [6.45, 7) is 18.5. The van der Waals surface area contributed by atoms with Gasteiger partial charge in [0, 0.05) is 32.2 Å². The first-order chi connectivity index (χ1) is 7.70. The fraction of sp³-hybridized carbons (Fsp3) is 1.00. The summed E-state index contributed by atoms with van der Waals surface area (Å²) >= 11 is 0. The molecule has 17 heavy (non-hydrogen) atoms. The Morgan fingerprint density at radius 2 is 1.82 bits per heavy atom. The number of nitrogens with one attached hydrogen (secondary N) is 1. The lowest BCUT2D eigenvalue weighted by Crippen LogP contribution is -2.57. The zero-order valence-corrected chi connectivity index (χ0v) is 12.5. The summed E-state index contributed by atoms with van der Waals surface area (Å²) in [4.78, 5) is 2.57. The fourth-order valence-electron chi connectivity index (χ4n) is 2.34. The second kappa shape index (κ2) is 5.68. The van der Waals surface area contributed by atoms with Crippen LogP contribution in [0.1, 0.15) is 41.5 Å². The average molecular weight is 242 g/mol. The predicted octanol–water partition coefficient (Wildman–Crippen LogP) is 2.12. The van der Waals surface area contributed by atoms with E-state index in [1.165, 1.54) is 0 Å². The molecule has 1 N–H and O–H groups in total. The number of rotatable bonds is 3. The van der Waals surface area contributed by atoms with Crippen molar-refractivity contribution in [1.82, 2.24) is 10.2 Å². The van der Waals surface area contributed by atoms with Crippen molar-refractivity contribution in [3.8, 4) is 0 Å². The van der Waals surface area contributed by atoms with Gasteiger partial charge in [-0.15, -0.1) is 0 Å². The van der Waals surface area contributed by atoms with Crippen LogP contribution < -0.4 is 5.32 Å². The summed E-state index contributed by atoms with van der Waals surface area (Å²) in [6, 6.07) is 0.611. The van der Waals surface area contributed by atoms with Gasteiger partial charge in [0.2, 0.25) is 0 Å². The molecule has 0 aromatic heterocycles. The molecule has 102 valence electrons. The number of hydrogen-bond donors (Lipinski definition) is 1. The van der Waals surface area contributed by atoms with Gasteiger partial charge in [-0.3, -0.25) is 4.90 Å². The van der Waals surface area contributed by atoms with Crippen LogP contribution in [0.25, 0.3) is 0 Å². The minimum Gasteiger partial charge on any atom is -0.375 e. The maximum absolute atomic E-state index is 5.83. The van der Waals surface area contributed by atoms with Crippen molar-refractivity contribution in [1.29, 1.82) is 0 Å². The van der Waals surface area contributed by atoms with E-state index >= 15 is 0 Å². The number of hydrogen-bond acceptors (Lipinski definition) is 3. The molecule has 0 aromatic rings. The molecule has 1 rings (SSSR count). The molecule has 3 heteroatoms. The van der Waals surface area contributed by atoms with Crippen LogP contribution >= 0.6 is 0 Å². The molecular formula is C14H30N2O. The first-order valence-electron chi connectivity index (χ1n) is 6.79. The van der Waals surface area contributed by atoms with Gasteiger partial charge < -0.3 is 10.1 Å². The highest BCUT2D eigenvalue weighted by Gasteiger charge is 2.32. The van der Waals surface area contributed by atoms with Crippen LogP contribution in [-0.4, -0.2) is 49.3 Å². The molecule has 0 amide bonds. The van der Waals surface area contributed by atoms with Gasteiger partial charge in [-0.2, -0.15) is 0 Å². The molecule has 1 aliphatic heterocycles. The van der Waals surface area contributed by atoms with E-state index in [4.69, 9.17) is 4.74 Å². The normalized spacial score (nSPS) is 24.0. The van der Waals surface area contributed by atoms with Crippen LogP contribution in [0.4, 0.5) is 0 Å². The first-order valence-corrected chi connectivity index (χ1v) is 6.79. The van der Waals surface area contributed by atoms with Crippen molar-refractivity contribution >= 4 is 0 Å². The molecule has 1 heterocycles. The van der Waals surface area contributed by atoms with Crippen molar-refractivity contribution in [2.24, 2.45) is 5.41 Å². The van der Waals surface area contributed by atoms with Gasteiger partial charge in [-0.1, -0.05) is 20.8 Å². The molecule has 1 unspecified atom stereocenters. The van der Waals surface area contributed by atoms with Gasteiger partial charge in [-0.05, 0) is 26.2 Å². The zero-order valence-electron chi connectivity index (χ0n) is 12.5. The summed E-state index contributed by atoms with van der Waals surface area (Å²) in [5.74, 6) is 0. The largest absolute Gasteiger partial charge is 0.375 e. The third-order valence-electron chi connectivity index (χ3n) is 3.27. The second-order valence-electron chi connectivity index (χ2n) is 7.08. The lowest BCUT2D eigenvalue weighted by molar-refractivity contribution is -0.0285. The van der Waals surface area contributed by atoms with E-state index in [9.17, 15) is 0 Å². The van der Waals surface area contributed by atoms with Gasteiger partial charge in [0.15, 0.2) is 0 Å². The van der Waals surface area contributed by atoms with Crippen LogP contribution in [-0.2, 0) is 4.74 Å². The minimum absolute atomic E-state index is 0.0226. The summed E-state index contributed by atoms with van der Waals surface area (Å²) in [5, 5.41) is 3.50. The summed E-state index contributed by atoms with van der Waals surface area (Å²) in [6.07, 6.45) is 0. The Labute approximate surface area is 107 Å². The quantitative estimate of drug-likeness (QED) is 0.820. The van der Waals surface area contributed by atoms with E-state index in [1.807, 2.05) is 0 Å².